The molecule has 2 heteroatoms. The van der Waals surface area contributed by atoms with Gasteiger partial charge in [0.1, 0.15) is 0 Å². The molecule has 0 unspecified atom stereocenters. The Hall–Kier alpha value is -2.09. The molecule has 1 amide bonds. The van der Waals surface area contributed by atoms with E-state index in [1.807, 2.05) is 23.1 Å². The van der Waals surface area contributed by atoms with Crippen LogP contribution in [0.4, 0.5) is 5.69 Å². The van der Waals surface area contributed by atoms with Crippen molar-refractivity contribution < 1.29 is 4.79 Å². The summed E-state index contributed by atoms with van der Waals surface area (Å²) in [6.07, 6.45) is 0.954. The maximum Gasteiger partial charge on any atom is 0.223 e. The summed E-state index contributed by atoms with van der Waals surface area (Å²) in [5.41, 5.74) is 4.79. The second kappa shape index (κ2) is 4.30. The second-order valence-electron chi connectivity index (χ2n) is 4.63. The van der Waals surface area contributed by atoms with Crippen LogP contribution in [0.25, 0.3) is 11.1 Å². The molecule has 90 valence electrons. The van der Waals surface area contributed by atoms with Gasteiger partial charge in [-0.15, -0.1) is 0 Å². The van der Waals surface area contributed by atoms with Crippen molar-refractivity contribution in [1.29, 1.82) is 0 Å². The van der Waals surface area contributed by atoms with Gasteiger partial charge in [0.2, 0.25) is 5.91 Å². The van der Waals surface area contributed by atoms with E-state index in [9.17, 15) is 4.79 Å². The van der Waals surface area contributed by atoms with Crippen LogP contribution in [0.5, 0.6) is 0 Å². The van der Waals surface area contributed by atoms with E-state index in [1.54, 1.807) is 6.92 Å². The van der Waals surface area contributed by atoms with Gasteiger partial charge in [0.25, 0.3) is 0 Å². The minimum absolute atomic E-state index is 0.126. The number of amides is 1. The van der Waals surface area contributed by atoms with Crippen LogP contribution in [0.3, 0.4) is 0 Å². The first-order chi connectivity index (χ1) is 8.75. The fourth-order valence-corrected chi connectivity index (χ4v) is 2.54. The number of hydrogen-bond donors (Lipinski definition) is 0. The number of hydrogen-bond acceptors (Lipinski definition) is 1. The summed E-state index contributed by atoms with van der Waals surface area (Å²) in [5, 5.41) is 0. The minimum Gasteiger partial charge on any atom is -0.312 e. The lowest BCUT2D eigenvalue weighted by molar-refractivity contribution is -0.116. The maximum absolute atomic E-state index is 11.5. The van der Waals surface area contributed by atoms with Gasteiger partial charge < -0.3 is 4.90 Å². The molecule has 1 aliphatic rings. The fourth-order valence-electron chi connectivity index (χ4n) is 2.54. The summed E-state index contributed by atoms with van der Waals surface area (Å²) in [6.45, 7) is 2.43. The summed E-state index contributed by atoms with van der Waals surface area (Å²) in [6, 6.07) is 16.7. The van der Waals surface area contributed by atoms with Gasteiger partial charge in [-0.2, -0.15) is 0 Å². The van der Waals surface area contributed by atoms with E-state index in [0.717, 1.165) is 18.7 Å². The molecule has 0 saturated carbocycles. The molecule has 0 saturated heterocycles. The van der Waals surface area contributed by atoms with Crippen LogP contribution in [0.2, 0.25) is 0 Å². The average molecular weight is 237 g/mol. The Morgan fingerprint density at radius 2 is 1.83 bits per heavy atom. The van der Waals surface area contributed by atoms with E-state index in [-0.39, 0.29) is 5.91 Å². The van der Waals surface area contributed by atoms with Crippen molar-refractivity contribution in [2.24, 2.45) is 0 Å². The second-order valence-corrected chi connectivity index (χ2v) is 4.63. The molecule has 2 aromatic carbocycles. The topological polar surface area (TPSA) is 20.3 Å². The first-order valence-corrected chi connectivity index (χ1v) is 6.22. The van der Waals surface area contributed by atoms with Crippen molar-refractivity contribution in [3.05, 3.63) is 54.1 Å². The molecule has 0 radical (unpaired) electrons. The van der Waals surface area contributed by atoms with Crippen LogP contribution in [0.1, 0.15) is 12.5 Å². The van der Waals surface area contributed by atoms with Crippen molar-refractivity contribution in [2.75, 3.05) is 11.4 Å². The van der Waals surface area contributed by atoms with Gasteiger partial charge in [-0.3, -0.25) is 4.79 Å². The zero-order valence-corrected chi connectivity index (χ0v) is 10.4. The molecule has 0 atom stereocenters. The van der Waals surface area contributed by atoms with Crippen LogP contribution < -0.4 is 4.90 Å². The lowest BCUT2D eigenvalue weighted by Crippen LogP contribution is -2.25. The van der Waals surface area contributed by atoms with Crippen LogP contribution in [0, 0.1) is 0 Å². The van der Waals surface area contributed by atoms with Gasteiger partial charge >= 0.3 is 0 Å². The van der Waals surface area contributed by atoms with Gasteiger partial charge in [-0.25, -0.2) is 0 Å². The van der Waals surface area contributed by atoms with Crippen molar-refractivity contribution in [1.82, 2.24) is 0 Å². The monoisotopic (exact) mass is 237 g/mol. The first-order valence-electron chi connectivity index (χ1n) is 6.22. The average Bonchev–Trinajstić information content (AvgIpc) is 2.82. The van der Waals surface area contributed by atoms with Crippen molar-refractivity contribution in [2.45, 2.75) is 13.3 Å². The van der Waals surface area contributed by atoms with Crippen molar-refractivity contribution in [3.63, 3.8) is 0 Å². The predicted octanol–water partition coefficient (Wildman–Crippen LogP) is 3.26. The van der Waals surface area contributed by atoms with E-state index in [1.165, 1.54) is 16.7 Å². The zero-order chi connectivity index (χ0) is 12.5. The van der Waals surface area contributed by atoms with Gasteiger partial charge in [-0.1, -0.05) is 36.4 Å². The summed E-state index contributed by atoms with van der Waals surface area (Å²) in [5.74, 6) is 0.126. The highest BCUT2D eigenvalue weighted by atomic mass is 16.2. The van der Waals surface area contributed by atoms with Gasteiger partial charge in [0, 0.05) is 19.2 Å². The Labute approximate surface area is 107 Å². The third-order valence-electron chi connectivity index (χ3n) is 3.46. The lowest BCUT2D eigenvalue weighted by atomic mass is 10.0. The molecule has 0 spiro atoms. The number of benzene rings is 2. The number of fused-ring (bicyclic) bond motifs is 1. The van der Waals surface area contributed by atoms with Gasteiger partial charge in [0.05, 0.1) is 0 Å². The minimum atomic E-state index is 0.126. The Morgan fingerprint density at radius 1 is 1.06 bits per heavy atom. The quantitative estimate of drug-likeness (QED) is 0.745. The van der Waals surface area contributed by atoms with Crippen LogP contribution in [-0.4, -0.2) is 12.5 Å². The maximum atomic E-state index is 11.5. The number of anilines is 1. The van der Waals surface area contributed by atoms with Crippen LogP contribution >= 0.6 is 0 Å². The highest BCUT2D eigenvalue weighted by Gasteiger charge is 2.22. The van der Waals surface area contributed by atoms with E-state index in [2.05, 4.69) is 30.3 Å². The highest BCUT2D eigenvalue weighted by molar-refractivity contribution is 5.94. The Bertz CT molecular complexity index is 589. The molecule has 1 aliphatic heterocycles. The van der Waals surface area contributed by atoms with Crippen LogP contribution in [0.15, 0.2) is 48.5 Å². The van der Waals surface area contributed by atoms with E-state index in [4.69, 9.17) is 0 Å². The summed E-state index contributed by atoms with van der Waals surface area (Å²) in [7, 11) is 0. The molecular formula is C16H15NO. The Morgan fingerprint density at radius 3 is 2.56 bits per heavy atom. The first kappa shape index (κ1) is 11.0. The fraction of sp³-hybridized carbons (Fsp3) is 0.188. The van der Waals surface area contributed by atoms with Crippen molar-refractivity contribution in [3.8, 4) is 11.1 Å². The third kappa shape index (κ3) is 1.80. The van der Waals surface area contributed by atoms with E-state index in [0.29, 0.717) is 0 Å². The molecule has 1 heterocycles. The molecular weight excluding hydrogens is 222 g/mol. The van der Waals surface area contributed by atoms with Crippen molar-refractivity contribution >= 4 is 11.6 Å². The Kier molecular flexibility index (Phi) is 2.63. The summed E-state index contributed by atoms with van der Waals surface area (Å²) in [4.78, 5) is 13.3. The molecule has 3 rings (SSSR count). The third-order valence-corrected chi connectivity index (χ3v) is 3.46. The largest absolute Gasteiger partial charge is 0.312 e. The zero-order valence-electron chi connectivity index (χ0n) is 10.4. The van der Waals surface area contributed by atoms with Crippen LogP contribution in [-0.2, 0) is 11.2 Å². The standard InChI is InChI=1S/C16H15NO/c1-12(18)17-10-9-15-11-14(7-8-16(15)17)13-5-3-2-4-6-13/h2-8,11H,9-10H2,1H3. The number of carbonyl (C=O) groups excluding carboxylic acids is 1. The summed E-state index contributed by atoms with van der Waals surface area (Å²) < 4.78 is 0. The molecule has 0 aromatic heterocycles. The highest BCUT2D eigenvalue weighted by Crippen LogP contribution is 2.32. The number of nitrogens with zero attached hydrogens (tertiary/aromatic N) is 1. The van der Waals surface area contributed by atoms with Gasteiger partial charge in [-0.05, 0) is 35.2 Å². The Balaban J connectivity index is 2.01. The lowest BCUT2D eigenvalue weighted by Gasteiger charge is -2.14. The number of carbonyl (C=O) groups is 1. The normalized spacial score (nSPS) is 13.5. The molecule has 2 aromatic rings. The SMILES string of the molecule is CC(=O)N1CCc2cc(-c3ccccc3)ccc21. The molecule has 18 heavy (non-hydrogen) atoms. The molecule has 2 nitrogen and oxygen atoms in total. The molecule has 0 aliphatic carbocycles. The van der Waals surface area contributed by atoms with Gasteiger partial charge in [0.15, 0.2) is 0 Å². The summed E-state index contributed by atoms with van der Waals surface area (Å²) >= 11 is 0. The molecule has 0 bridgehead atoms. The smallest absolute Gasteiger partial charge is 0.223 e. The number of rotatable bonds is 1. The van der Waals surface area contributed by atoms with E-state index < -0.39 is 0 Å². The molecule has 0 N–H and O–H groups in total. The van der Waals surface area contributed by atoms with E-state index >= 15 is 0 Å². The predicted molar refractivity (Wildman–Crippen MR) is 73.6 cm³/mol. The molecule has 0 fully saturated rings.